The van der Waals surface area contributed by atoms with Crippen molar-refractivity contribution in [3.63, 3.8) is 0 Å². The van der Waals surface area contributed by atoms with Crippen molar-refractivity contribution in [2.75, 3.05) is 0 Å². The lowest BCUT2D eigenvalue weighted by Gasteiger charge is -2.07. The van der Waals surface area contributed by atoms with Crippen LogP contribution in [0, 0.1) is 0 Å². The van der Waals surface area contributed by atoms with Gasteiger partial charge in [-0.05, 0) is 0 Å². The molecule has 68 valence electrons. The first kappa shape index (κ1) is 9.20. The van der Waals surface area contributed by atoms with E-state index in [1.54, 1.807) is 5.32 Å². The van der Waals surface area contributed by atoms with Gasteiger partial charge in [-0.25, -0.2) is 4.79 Å². The van der Waals surface area contributed by atoms with Crippen LogP contribution >= 0.6 is 0 Å². The first-order valence-electron chi connectivity index (χ1n) is 3.08. The molecule has 0 atom stereocenters. The van der Waals surface area contributed by atoms with E-state index in [4.69, 9.17) is 15.7 Å². The lowest BCUT2D eigenvalue weighted by atomic mass is 10.2. The minimum Gasteiger partial charge on any atom is -0.363 e. The molecule has 1 aliphatic rings. The zero-order chi connectivity index (χ0) is 10.0. The Morgan fingerprint density at radius 1 is 1.46 bits per heavy atom. The highest BCUT2D eigenvalue weighted by Gasteiger charge is 2.37. The number of aliphatic hydroxyl groups excluding tert-OH is 1. The second-order valence-corrected chi connectivity index (χ2v) is 2.08. The Bertz CT molecular complexity index is 352. The Balaban J connectivity index is 3.22. The largest absolute Gasteiger partial charge is 0.406 e. The number of urea groups is 1. The number of nitrogens with zero attached hydrogens (tertiary/aromatic N) is 3. The van der Waals surface area contributed by atoms with Gasteiger partial charge < -0.3 is 15.7 Å². The van der Waals surface area contributed by atoms with Crippen LogP contribution in [0.25, 0.3) is 5.53 Å². The van der Waals surface area contributed by atoms with E-state index in [9.17, 15) is 9.59 Å². The van der Waals surface area contributed by atoms with Crippen molar-refractivity contribution >= 4 is 23.4 Å². The van der Waals surface area contributed by atoms with Gasteiger partial charge in [0.15, 0.2) is 5.71 Å². The number of aliphatic hydroxyl groups is 2. The number of amides is 3. The molecule has 0 bridgehead atoms. The Hall–Kier alpha value is -1.89. The molecule has 8 heteroatoms. The SMILES string of the molecule is [N-]=[N+]=C1C(=O)NC(=O)N=C1C(O)O. The van der Waals surface area contributed by atoms with Crippen LogP contribution in [0.2, 0.25) is 0 Å². The van der Waals surface area contributed by atoms with Gasteiger partial charge in [-0.15, -0.1) is 0 Å². The molecule has 0 aliphatic carbocycles. The van der Waals surface area contributed by atoms with Gasteiger partial charge in [0.2, 0.25) is 6.29 Å². The van der Waals surface area contributed by atoms with Gasteiger partial charge in [0, 0.05) is 0 Å². The van der Waals surface area contributed by atoms with Crippen molar-refractivity contribution in [3.8, 4) is 0 Å². The van der Waals surface area contributed by atoms with Crippen molar-refractivity contribution in [1.82, 2.24) is 5.32 Å². The van der Waals surface area contributed by atoms with E-state index < -0.39 is 29.7 Å². The number of imide groups is 1. The Labute approximate surface area is 71.1 Å². The Kier molecular flexibility index (Phi) is 2.29. The average molecular weight is 184 g/mol. The molecule has 1 aliphatic heterocycles. The zero-order valence-electron chi connectivity index (χ0n) is 6.13. The van der Waals surface area contributed by atoms with Crippen LogP contribution in [0.5, 0.6) is 0 Å². The summed E-state index contributed by atoms with van der Waals surface area (Å²) in [5.41, 5.74) is 6.90. The predicted octanol–water partition coefficient (Wildman–Crippen LogP) is -2.34. The van der Waals surface area contributed by atoms with Crippen molar-refractivity contribution < 1.29 is 24.6 Å². The van der Waals surface area contributed by atoms with Gasteiger partial charge in [-0.3, -0.25) is 10.1 Å². The number of carbonyl (C=O) groups is 2. The maximum absolute atomic E-state index is 10.8. The van der Waals surface area contributed by atoms with Crippen molar-refractivity contribution in [2.24, 2.45) is 4.99 Å². The topological polar surface area (TPSA) is 135 Å². The van der Waals surface area contributed by atoms with Crippen molar-refractivity contribution in [1.29, 1.82) is 0 Å². The summed E-state index contributed by atoms with van der Waals surface area (Å²) < 4.78 is 0. The summed E-state index contributed by atoms with van der Waals surface area (Å²) in [6.45, 7) is 0. The third-order valence-electron chi connectivity index (χ3n) is 1.24. The molecule has 0 aromatic carbocycles. The molecule has 0 fully saturated rings. The third kappa shape index (κ3) is 1.64. The van der Waals surface area contributed by atoms with Gasteiger partial charge in [0.05, 0.1) is 0 Å². The fraction of sp³-hybridized carbons (Fsp3) is 0.200. The molecule has 0 aromatic rings. The molecule has 0 aromatic heterocycles. The van der Waals surface area contributed by atoms with E-state index in [1.807, 2.05) is 0 Å². The maximum atomic E-state index is 10.8. The Morgan fingerprint density at radius 2 is 2.08 bits per heavy atom. The molecule has 3 N–H and O–H groups in total. The standard InChI is InChI=1S/C5H4N4O4/c6-9-1-2(4(11)12)7-5(13)8-3(1)10/h4,11-12H,(H,8,10,13). The summed E-state index contributed by atoms with van der Waals surface area (Å²) in [5.74, 6) is -1.04. The highest BCUT2D eigenvalue weighted by atomic mass is 16.5. The first-order chi connectivity index (χ1) is 6.06. The van der Waals surface area contributed by atoms with E-state index in [2.05, 4.69) is 9.78 Å². The monoisotopic (exact) mass is 184 g/mol. The van der Waals surface area contributed by atoms with Crippen LogP contribution in [-0.4, -0.2) is 44.7 Å². The normalized spacial score (nSPS) is 16.8. The maximum Gasteiger partial charge on any atom is 0.406 e. The van der Waals surface area contributed by atoms with Gasteiger partial charge in [-0.2, -0.15) is 9.78 Å². The summed E-state index contributed by atoms with van der Waals surface area (Å²) in [7, 11) is 0. The van der Waals surface area contributed by atoms with Crippen LogP contribution in [0.1, 0.15) is 0 Å². The lowest BCUT2D eigenvalue weighted by molar-refractivity contribution is -0.118. The summed E-state index contributed by atoms with van der Waals surface area (Å²) in [6, 6.07) is -1.04. The van der Waals surface area contributed by atoms with Crippen LogP contribution in [0.15, 0.2) is 4.99 Å². The number of hydrogen-bond acceptors (Lipinski definition) is 4. The third-order valence-corrected chi connectivity index (χ3v) is 1.24. The van der Waals surface area contributed by atoms with E-state index in [0.717, 1.165) is 0 Å². The predicted molar refractivity (Wildman–Crippen MR) is 37.8 cm³/mol. The average Bonchev–Trinajstić information content (AvgIpc) is 2.02. The Morgan fingerprint density at radius 3 is 2.54 bits per heavy atom. The molecule has 0 radical (unpaired) electrons. The van der Waals surface area contributed by atoms with Gasteiger partial charge >= 0.3 is 17.6 Å². The van der Waals surface area contributed by atoms with E-state index in [0.29, 0.717) is 0 Å². The fourth-order valence-corrected chi connectivity index (χ4v) is 0.740. The second kappa shape index (κ2) is 3.23. The van der Waals surface area contributed by atoms with Crippen molar-refractivity contribution in [2.45, 2.75) is 6.29 Å². The molecule has 3 amide bonds. The van der Waals surface area contributed by atoms with Gasteiger partial charge in [-0.1, -0.05) is 0 Å². The molecule has 1 rings (SSSR count). The highest BCUT2D eigenvalue weighted by molar-refractivity contribution is 6.68. The van der Waals surface area contributed by atoms with Crippen LogP contribution in [0.3, 0.4) is 0 Å². The van der Waals surface area contributed by atoms with E-state index in [1.165, 1.54) is 0 Å². The molecule has 0 unspecified atom stereocenters. The molecule has 0 saturated carbocycles. The molecular weight excluding hydrogens is 180 g/mol. The summed E-state index contributed by atoms with van der Waals surface area (Å²) in [4.78, 5) is 26.9. The fourth-order valence-electron chi connectivity index (χ4n) is 0.740. The summed E-state index contributed by atoms with van der Waals surface area (Å²) >= 11 is 0. The highest BCUT2D eigenvalue weighted by Crippen LogP contribution is 1.95. The number of carbonyl (C=O) groups excluding carboxylic acids is 2. The summed E-state index contributed by atoms with van der Waals surface area (Å²) in [5, 5.41) is 18.9. The van der Waals surface area contributed by atoms with Crippen LogP contribution in [0.4, 0.5) is 4.79 Å². The summed E-state index contributed by atoms with van der Waals surface area (Å²) in [6.07, 6.45) is -2.14. The second-order valence-electron chi connectivity index (χ2n) is 2.08. The van der Waals surface area contributed by atoms with Gasteiger partial charge in [0.1, 0.15) is 0 Å². The number of nitrogens with one attached hydrogen (secondary N) is 1. The number of rotatable bonds is 1. The molecule has 0 saturated heterocycles. The number of hydrogen-bond donors (Lipinski definition) is 3. The first-order valence-corrected chi connectivity index (χ1v) is 3.08. The molecule has 0 spiro atoms. The quantitative estimate of drug-likeness (QED) is 0.239. The lowest BCUT2D eigenvalue weighted by Crippen LogP contribution is -2.48. The smallest absolute Gasteiger partial charge is 0.363 e. The van der Waals surface area contributed by atoms with E-state index >= 15 is 0 Å². The minimum atomic E-state index is -2.14. The minimum absolute atomic E-state index is 0.684. The van der Waals surface area contributed by atoms with Crippen LogP contribution in [-0.2, 0) is 4.79 Å². The zero-order valence-corrected chi connectivity index (χ0v) is 6.13. The molecule has 1 heterocycles. The number of aliphatic imine (C=N–C) groups is 1. The van der Waals surface area contributed by atoms with E-state index in [-0.39, 0.29) is 0 Å². The molecule has 8 nitrogen and oxygen atoms in total. The van der Waals surface area contributed by atoms with Crippen molar-refractivity contribution in [3.05, 3.63) is 5.53 Å². The molecular formula is C5H4N4O4. The van der Waals surface area contributed by atoms with Crippen LogP contribution < -0.4 is 5.32 Å². The van der Waals surface area contributed by atoms with Gasteiger partial charge in [0.25, 0.3) is 0 Å². The molecule has 13 heavy (non-hydrogen) atoms.